The molecule has 0 heterocycles. The molecule has 2 rings (SSSR count). The van der Waals surface area contributed by atoms with E-state index in [2.05, 4.69) is 51.8 Å². The van der Waals surface area contributed by atoms with Crippen LogP contribution in [0.2, 0.25) is 0 Å². The molecule has 2 aromatic rings. The molecule has 0 aromatic heterocycles. The smallest absolute Gasteiger partial charge is 0.191 e. The van der Waals surface area contributed by atoms with Gasteiger partial charge < -0.3 is 15.5 Å². The number of benzene rings is 2. The van der Waals surface area contributed by atoms with Crippen LogP contribution < -0.4 is 10.6 Å². The van der Waals surface area contributed by atoms with Crippen LogP contribution in [0, 0.1) is 6.92 Å². The maximum Gasteiger partial charge on any atom is 0.191 e. The molecule has 0 radical (unpaired) electrons. The summed E-state index contributed by atoms with van der Waals surface area (Å²) < 4.78 is 23.5. The summed E-state index contributed by atoms with van der Waals surface area (Å²) in [6.45, 7) is 7.90. The van der Waals surface area contributed by atoms with E-state index < -0.39 is 9.84 Å². The predicted octanol–water partition coefficient (Wildman–Crippen LogP) is 3.59. The molecule has 0 fully saturated rings. The number of sulfone groups is 1. The molecule has 0 amide bonds. The highest BCUT2D eigenvalue weighted by molar-refractivity contribution is 14.0. The van der Waals surface area contributed by atoms with E-state index in [4.69, 9.17) is 0 Å². The molecule has 2 aromatic carbocycles. The predicted molar refractivity (Wildman–Crippen MR) is 140 cm³/mol. The first-order chi connectivity index (χ1) is 14.3. The quantitative estimate of drug-likeness (QED) is 0.202. The molecular formula is C23H35IN4O2S. The monoisotopic (exact) mass is 558 g/mol. The Hall–Kier alpha value is -1.65. The molecule has 0 spiro atoms. The highest BCUT2D eigenvalue weighted by Crippen LogP contribution is 2.17. The van der Waals surface area contributed by atoms with Crippen molar-refractivity contribution in [1.82, 2.24) is 15.5 Å². The zero-order chi connectivity index (χ0) is 22.0. The number of halogens is 1. The topological polar surface area (TPSA) is 73.8 Å². The Labute approximate surface area is 204 Å². The lowest BCUT2D eigenvalue weighted by molar-refractivity contribution is 0.322. The van der Waals surface area contributed by atoms with Gasteiger partial charge in [0.2, 0.25) is 0 Å². The lowest BCUT2D eigenvalue weighted by atomic mass is 10.1. The molecule has 31 heavy (non-hydrogen) atoms. The van der Waals surface area contributed by atoms with Crippen LogP contribution in [-0.2, 0) is 22.9 Å². The average Bonchev–Trinajstić information content (AvgIpc) is 2.69. The summed E-state index contributed by atoms with van der Waals surface area (Å²) in [5.74, 6) is 0.771. The minimum Gasteiger partial charge on any atom is -0.357 e. The summed E-state index contributed by atoms with van der Waals surface area (Å²) in [4.78, 5) is 7.32. The number of nitrogens with one attached hydrogen (secondary N) is 2. The molecule has 172 valence electrons. The largest absolute Gasteiger partial charge is 0.357 e. The first-order valence-corrected chi connectivity index (χ1v) is 12.2. The van der Waals surface area contributed by atoms with Crippen LogP contribution >= 0.6 is 24.0 Å². The summed E-state index contributed by atoms with van der Waals surface area (Å²) in [6, 6.07) is 15.9. The van der Waals surface area contributed by atoms with E-state index >= 15 is 0 Å². The van der Waals surface area contributed by atoms with E-state index in [0.717, 1.165) is 49.7 Å². The lowest BCUT2D eigenvalue weighted by Gasteiger charge is -2.17. The maximum absolute atomic E-state index is 11.8. The van der Waals surface area contributed by atoms with Crippen molar-refractivity contribution in [2.75, 3.05) is 32.9 Å². The highest BCUT2D eigenvalue weighted by Gasteiger charge is 2.10. The van der Waals surface area contributed by atoms with Crippen molar-refractivity contribution in [1.29, 1.82) is 0 Å². The molecule has 0 unspecified atom stereocenters. The Morgan fingerprint density at radius 1 is 1.06 bits per heavy atom. The first kappa shape index (κ1) is 27.4. The van der Waals surface area contributed by atoms with E-state index in [1.54, 1.807) is 6.07 Å². The van der Waals surface area contributed by atoms with Crippen molar-refractivity contribution in [2.45, 2.75) is 38.3 Å². The van der Waals surface area contributed by atoms with E-state index in [1.807, 2.05) is 32.0 Å². The number of hydrogen-bond donors (Lipinski definition) is 2. The van der Waals surface area contributed by atoms with Crippen LogP contribution in [0.3, 0.4) is 0 Å². The fourth-order valence-corrected chi connectivity index (χ4v) is 4.23. The molecule has 2 N–H and O–H groups in total. The van der Waals surface area contributed by atoms with Crippen LogP contribution in [0.5, 0.6) is 0 Å². The van der Waals surface area contributed by atoms with Crippen molar-refractivity contribution in [3.05, 3.63) is 65.2 Å². The molecule has 6 nitrogen and oxygen atoms in total. The summed E-state index contributed by atoms with van der Waals surface area (Å²) in [5.41, 5.74) is 3.06. The maximum atomic E-state index is 11.8. The second kappa shape index (κ2) is 13.7. The number of aryl methyl sites for hydroxylation is 1. The molecule has 0 saturated heterocycles. The van der Waals surface area contributed by atoms with Gasteiger partial charge in [0.1, 0.15) is 0 Å². The van der Waals surface area contributed by atoms with Crippen molar-refractivity contribution < 1.29 is 8.42 Å². The molecule has 0 bridgehead atoms. The molecule has 0 aliphatic carbocycles. The number of rotatable bonds is 10. The Balaban J connectivity index is 0.00000480. The molecular weight excluding hydrogens is 523 g/mol. The fourth-order valence-electron chi connectivity index (χ4n) is 3.27. The average molecular weight is 559 g/mol. The second-order valence-electron chi connectivity index (χ2n) is 7.57. The Kier molecular flexibility index (Phi) is 12.1. The highest BCUT2D eigenvalue weighted by atomic mass is 127. The van der Waals surface area contributed by atoms with E-state index in [0.29, 0.717) is 11.4 Å². The minimum absolute atomic E-state index is 0. The number of aliphatic imine (C=N–C) groups is 1. The van der Waals surface area contributed by atoms with Crippen molar-refractivity contribution in [3.63, 3.8) is 0 Å². The van der Waals surface area contributed by atoms with Gasteiger partial charge in [-0.25, -0.2) is 13.4 Å². The second-order valence-corrected chi connectivity index (χ2v) is 9.56. The molecule has 8 heteroatoms. The molecule has 0 saturated carbocycles. The van der Waals surface area contributed by atoms with Gasteiger partial charge in [-0.15, -0.1) is 24.0 Å². The summed E-state index contributed by atoms with van der Waals surface area (Å²) in [6.07, 6.45) is 2.24. The van der Waals surface area contributed by atoms with Gasteiger partial charge in [-0.3, -0.25) is 0 Å². The fraction of sp³-hybridized carbons (Fsp3) is 0.435. The summed E-state index contributed by atoms with van der Waals surface area (Å²) in [7, 11) is -1.06. The van der Waals surface area contributed by atoms with Crippen LogP contribution in [0.25, 0.3) is 0 Å². The van der Waals surface area contributed by atoms with E-state index in [9.17, 15) is 8.42 Å². The lowest BCUT2D eigenvalue weighted by Crippen LogP contribution is -2.38. The normalized spacial score (nSPS) is 11.8. The van der Waals surface area contributed by atoms with Crippen molar-refractivity contribution >= 4 is 39.8 Å². The number of hydrogen-bond acceptors (Lipinski definition) is 4. The third kappa shape index (κ3) is 10.0. The van der Waals surface area contributed by atoms with E-state index in [1.165, 1.54) is 11.8 Å². The van der Waals surface area contributed by atoms with Gasteiger partial charge in [0.05, 0.1) is 11.4 Å². The van der Waals surface area contributed by atoms with Gasteiger partial charge in [-0.05, 0) is 56.6 Å². The zero-order valence-corrected chi connectivity index (χ0v) is 22.0. The Morgan fingerprint density at radius 3 is 2.39 bits per heavy atom. The first-order valence-electron chi connectivity index (χ1n) is 10.3. The third-order valence-electron chi connectivity index (χ3n) is 4.71. The third-order valence-corrected chi connectivity index (χ3v) is 5.96. The van der Waals surface area contributed by atoms with Crippen LogP contribution in [0.4, 0.5) is 0 Å². The van der Waals surface area contributed by atoms with E-state index in [-0.39, 0.29) is 24.0 Å². The van der Waals surface area contributed by atoms with Crippen LogP contribution in [0.15, 0.2) is 58.4 Å². The minimum atomic E-state index is -3.20. The van der Waals surface area contributed by atoms with Crippen LogP contribution in [-0.4, -0.2) is 52.2 Å². The zero-order valence-electron chi connectivity index (χ0n) is 18.9. The van der Waals surface area contributed by atoms with Gasteiger partial charge >= 0.3 is 0 Å². The number of nitrogens with zero attached hydrogens (tertiary/aromatic N) is 2. The van der Waals surface area contributed by atoms with Gasteiger partial charge in [0, 0.05) is 25.9 Å². The molecule has 0 aliphatic heterocycles. The van der Waals surface area contributed by atoms with Crippen molar-refractivity contribution in [2.24, 2.45) is 4.99 Å². The number of guanidine groups is 1. The summed E-state index contributed by atoms with van der Waals surface area (Å²) >= 11 is 0. The Morgan fingerprint density at radius 2 is 1.77 bits per heavy atom. The van der Waals surface area contributed by atoms with Crippen LogP contribution in [0.1, 0.15) is 30.0 Å². The van der Waals surface area contributed by atoms with Crippen molar-refractivity contribution in [3.8, 4) is 0 Å². The van der Waals surface area contributed by atoms with Gasteiger partial charge in [0.25, 0.3) is 0 Å². The van der Waals surface area contributed by atoms with Gasteiger partial charge in [0.15, 0.2) is 15.8 Å². The van der Waals surface area contributed by atoms with Gasteiger partial charge in [-0.1, -0.05) is 42.5 Å². The standard InChI is InChI=1S/C23H34N4O2S.HI/c1-5-24-23(25-14-9-15-27(3)18-20-10-7-6-8-11-20)26-17-21-12-13-22(19(2)16-21)30(4,28)29;/h6-8,10-13,16H,5,9,14-15,17-18H2,1-4H3,(H2,24,25,26);1H. The SMILES string of the molecule is CCNC(=NCc1ccc(S(C)(=O)=O)c(C)c1)NCCCN(C)Cc1ccccc1.I. The molecule has 0 aliphatic rings. The molecule has 0 atom stereocenters. The van der Waals surface area contributed by atoms with Gasteiger partial charge in [-0.2, -0.15) is 0 Å². The Bertz CT molecular complexity index is 934. The summed E-state index contributed by atoms with van der Waals surface area (Å²) in [5, 5.41) is 6.64.